The Balaban J connectivity index is 1.69. The molecule has 0 aromatic heterocycles. The van der Waals surface area contributed by atoms with Gasteiger partial charge in [-0.2, -0.15) is 0 Å². The molecule has 3 rings (SSSR count). The molecule has 8 nitrogen and oxygen atoms in total. The molecule has 0 saturated carbocycles. The van der Waals surface area contributed by atoms with Gasteiger partial charge in [-0.05, 0) is 54.1 Å². The molecule has 1 aliphatic rings. The van der Waals surface area contributed by atoms with E-state index >= 15 is 0 Å². The van der Waals surface area contributed by atoms with Crippen LogP contribution < -0.4 is 14.8 Å². The maximum Gasteiger partial charge on any atom is 0.351 e. The van der Waals surface area contributed by atoms with E-state index in [-0.39, 0.29) is 12.8 Å². The number of ether oxygens (including phenoxy) is 2. The number of carboxylic acid groups (broad SMARTS) is 1. The van der Waals surface area contributed by atoms with Crippen molar-refractivity contribution in [3.63, 3.8) is 0 Å². The number of nitrogens with zero attached hydrogens (tertiary/aromatic N) is 1. The van der Waals surface area contributed by atoms with Crippen LogP contribution in [0.2, 0.25) is 0 Å². The second-order valence-corrected chi connectivity index (χ2v) is 6.29. The third kappa shape index (κ3) is 4.06. The number of rotatable bonds is 7. The number of hydrogen-bond acceptors (Lipinski definition) is 6. The molecule has 0 radical (unpaired) electrons. The number of amides is 1. The summed E-state index contributed by atoms with van der Waals surface area (Å²) >= 11 is 0. The molecule has 1 aliphatic heterocycles. The van der Waals surface area contributed by atoms with Gasteiger partial charge in [-0.25, -0.2) is 4.79 Å². The van der Waals surface area contributed by atoms with Gasteiger partial charge in [-0.3, -0.25) is 4.79 Å². The topological polar surface area (TPSA) is 106 Å². The van der Waals surface area contributed by atoms with Crippen LogP contribution in [0.3, 0.4) is 0 Å². The van der Waals surface area contributed by atoms with Gasteiger partial charge < -0.3 is 24.7 Å². The summed E-state index contributed by atoms with van der Waals surface area (Å²) < 4.78 is 10.2. The maximum absolute atomic E-state index is 12.4. The van der Waals surface area contributed by atoms with Crippen LogP contribution in [0.5, 0.6) is 11.5 Å². The van der Waals surface area contributed by atoms with Crippen LogP contribution >= 0.6 is 0 Å². The largest absolute Gasteiger partial charge is 0.497 e. The van der Waals surface area contributed by atoms with Crippen LogP contribution in [0.1, 0.15) is 18.4 Å². The van der Waals surface area contributed by atoms with E-state index < -0.39 is 17.5 Å². The minimum absolute atomic E-state index is 0.0231. The minimum atomic E-state index is -1.74. The number of carboxylic acids is 1. The molecule has 146 valence electrons. The smallest absolute Gasteiger partial charge is 0.351 e. The normalized spacial score (nSPS) is 18.0. The summed E-state index contributed by atoms with van der Waals surface area (Å²) in [5.41, 5.74) is -0.0475. The summed E-state index contributed by atoms with van der Waals surface area (Å²) in [4.78, 5) is 29.5. The highest BCUT2D eigenvalue weighted by molar-refractivity contribution is 6.06. The Labute approximate surface area is 161 Å². The van der Waals surface area contributed by atoms with E-state index in [1.54, 1.807) is 62.8 Å². The van der Waals surface area contributed by atoms with Crippen molar-refractivity contribution < 1.29 is 29.0 Å². The first-order valence-corrected chi connectivity index (χ1v) is 8.52. The van der Waals surface area contributed by atoms with Crippen molar-refractivity contribution in [1.82, 2.24) is 0 Å². The first-order valence-electron chi connectivity index (χ1n) is 8.52. The van der Waals surface area contributed by atoms with E-state index in [1.807, 2.05) is 0 Å². The van der Waals surface area contributed by atoms with Crippen molar-refractivity contribution in [1.29, 1.82) is 0 Å². The van der Waals surface area contributed by atoms with Crippen molar-refractivity contribution in [3.8, 4) is 11.5 Å². The second-order valence-electron chi connectivity index (χ2n) is 6.29. The van der Waals surface area contributed by atoms with Gasteiger partial charge in [0.15, 0.2) is 0 Å². The van der Waals surface area contributed by atoms with Crippen molar-refractivity contribution in [2.24, 2.45) is 5.16 Å². The summed E-state index contributed by atoms with van der Waals surface area (Å²) in [7, 11) is 3.10. The first kappa shape index (κ1) is 19.2. The lowest BCUT2D eigenvalue weighted by Crippen LogP contribution is -2.42. The van der Waals surface area contributed by atoms with Gasteiger partial charge in [0.25, 0.3) is 0 Å². The number of hydrogen-bond donors (Lipinski definition) is 2. The Morgan fingerprint density at radius 2 is 1.64 bits per heavy atom. The Bertz CT molecular complexity index is 892. The number of oxime groups is 1. The summed E-state index contributed by atoms with van der Waals surface area (Å²) in [5.74, 6) is -0.410. The fourth-order valence-corrected chi connectivity index (χ4v) is 2.84. The second kappa shape index (κ2) is 7.99. The van der Waals surface area contributed by atoms with Gasteiger partial charge in [-0.1, -0.05) is 5.16 Å². The maximum atomic E-state index is 12.4. The summed E-state index contributed by atoms with van der Waals surface area (Å²) in [6.45, 7) is 0. The Kier molecular flexibility index (Phi) is 5.49. The quantitative estimate of drug-likeness (QED) is 0.760. The molecule has 28 heavy (non-hydrogen) atoms. The number of anilines is 1. The van der Waals surface area contributed by atoms with Crippen LogP contribution in [0.15, 0.2) is 53.7 Å². The van der Waals surface area contributed by atoms with Crippen LogP contribution in [-0.2, 0) is 14.4 Å². The van der Waals surface area contributed by atoms with Crippen molar-refractivity contribution in [2.45, 2.75) is 18.4 Å². The highest BCUT2D eigenvalue weighted by Crippen LogP contribution is 2.31. The third-order valence-corrected chi connectivity index (χ3v) is 4.42. The SMILES string of the molecule is COc1ccc(NC(=O)C[C@]2(C(=O)O)CC(c3ccc(OC)cc3)=NO2)cc1. The zero-order valence-corrected chi connectivity index (χ0v) is 15.5. The molecule has 8 heteroatoms. The Morgan fingerprint density at radius 1 is 1.07 bits per heavy atom. The monoisotopic (exact) mass is 384 g/mol. The molecule has 2 N–H and O–H groups in total. The van der Waals surface area contributed by atoms with E-state index in [0.717, 1.165) is 0 Å². The van der Waals surface area contributed by atoms with Crippen LogP contribution in [0.4, 0.5) is 5.69 Å². The van der Waals surface area contributed by atoms with Crippen LogP contribution in [-0.4, -0.2) is 42.5 Å². The lowest BCUT2D eigenvalue weighted by molar-refractivity contribution is -0.165. The summed E-state index contributed by atoms with van der Waals surface area (Å²) in [5, 5.41) is 16.3. The van der Waals surface area contributed by atoms with Gasteiger partial charge in [0, 0.05) is 12.1 Å². The van der Waals surface area contributed by atoms with Gasteiger partial charge in [-0.15, -0.1) is 0 Å². The number of carbonyl (C=O) groups excluding carboxylic acids is 1. The van der Waals surface area contributed by atoms with Crippen LogP contribution in [0.25, 0.3) is 0 Å². The van der Waals surface area contributed by atoms with E-state index in [0.29, 0.717) is 28.5 Å². The standard InChI is InChI=1S/C20H20N2O6/c1-26-15-7-3-13(4-8-15)17-11-20(19(24)25,28-22-17)12-18(23)21-14-5-9-16(27-2)10-6-14/h3-10H,11-12H2,1-2H3,(H,21,23)(H,24,25)/t20-/m0/s1. The molecule has 0 saturated heterocycles. The molecule has 0 bridgehead atoms. The molecule has 2 aromatic rings. The molecule has 0 fully saturated rings. The predicted molar refractivity (Wildman–Crippen MR) is 102 cm³/mol. The molecule has 0 unspecified atom stereocenters. The Morgan fingerprint density at radius 3 is 2.18 bits per heavy atom. The molecular formula is C20H20N2O6. The van der Waals surface area contributed by atoms with E-state index in [9.17, 15) is 14.7 Å². The van der Waals surface area contributed by atoms with Gasteiger partial charge >= 0.3 is 5.97 Å². The lowest BCUT2D eigenvalue weighted by atomic mass is 9.90. The lowest BCUT2D eigenvalue weighted by Gasteiger charge is -2.21. The third-order valence-electron chi connectivity index (χ3n) is 4.42. The minimum Gasteiger partial charge on any atom is -0.497 e. The van der Waals surface area contributed by atoms with Crippen molar-refractivity contribution in [3.05, 3.63) is 54.1 Å². The number of nitrogens with one attached hydrogen (secondary N) is 1. The number of carbonyl (C=O) groups is 2. The van der Waals surface area contributed by atoms with E-state index in [2.05, 4.69) is 10.5 Å². The van der Waals surface area contributed by atoms with Gasteiger partial charge in [0.2, 0.25) is 11.5 Å². The highest BCUT2D eigenvalue weighted by Gasteiger charge is 2.49. The average Bonchev–Trinajstić information content (AvgIpc) is 3.14. The molecule has 0 aliphatic carbocycles. The summed E-state index contributed by atoms with van der Waals surface area (Å²) in [6, 6.07) is 13.7. The molecule has 1 atom stereocenters. The average molecular weight is 384 g/mol. The number of benzene rings is 2. The van der Waals surface area contributed by atoms with E-state index in [1.165, 1.54) is 0 Å². The first-order chi connectivity index (χ1) is 13.5. The fourth-order valence-electron chi connectivity index (χ4n) is 2.84. The van der Waals surface area contributed by atoms with Crippen molar-refractivity contribution in [2.75, 3.05) is 19.5 Å². The molecular weight excluding hydrogens is 364 g/mol. The van der Waals surface area contributed by atoms with Crippen molar-refractivity contribution >= 4 is 23.3 Å². The molecule has 0 spiro atoms. The molecule has 2 aromatic carbocycles. The fraction of sp³-hybridized carbons (Fsp3) is 0.250. The zero-order valence-electron chi connectivity index (χ0n) is 15.5. The van der Waals surface area contributed by atoms with Gasteiger partial charge in [0.1, 0.15) is 11.5 Å². The van der Waals surface area contributed by atoms with Gasteiger partial charge in [0.05, 0.1) is 26.4 Å². The predicted octanol–water partition coefficient (Wildman–Crippen LogP) is 2.68. The number of aliphatic carboxylic acids is 1. The van der Waals surface area contributed by atoms with E-state index in [4.69, 9.17) is 14.3 Å². The molecule has 1 heterocycles. The highest BCUT2D eigenvalue weighted by atomic mass is 16.7. The molecule has 1 amide bonds. The Hall–Kier alpha value is -3.55. The summed E-state index contributed by atoms with van der Waals surface area (Å²) in [6.07, 6.45) is -0.401. The zero-order chi connectivity index (χ0) is 20.1. The number of methoxy groups -OCH3 is 2. The van der Waals surface area contributed by atoms with Crippen LogP contribution in [0, 0.1) is 0 Å².